The maximum atomic E-state index is 12.7. The molecule has 3 rings (SSSR count). The van der Waals surface area contributed by atoms with E-state index in [4.69, 9.17) is 10.5 Å². The lowest BCUT2D eigenvalue weighted by atomic mass is 9.97. The van der Waals surface area contributed by atoms with Crippen LogP contribution in [0.3, 0.4) is 0 Å². The Morgan fingerprint density at radius 2 is 2.04 bits per heavy atom. The highest BCUT2D eigenvalue weighted by molar-refractivity contribution is 6.03. The van der Waals surface area contributed by atoms with Crippen LogP contribution in [-0.2, 0) is 16.1 Å². The first-order valence-electron chi connectivity index (χ1n) is 8.33. The van der Waals surface area contributed by atoms with Crippen LogP contribution >= 0.6 is 0 Å². The fourth-order valence-corrected chi connectivity index (χ4v) is 3.14. The highest BCUT2D eigenvalue weighted by atomic mass is 16.6. The lowest BCUT2D eigenvalue weighted by Crippen LogP contribution is -2.29. The number of para-hydroxylation sites is 1. The number of aromatic nitrogens is 1. The van der Waals surface area contributed by atoms with Gasteiger partial charge < -0.3 is 15.0 Å². The van der Waals surface area contributed by atoms with E-state index in [1.165, 1.54) is 0 Å². The zero-order valence-corrected chi connectivity index (χ0v) is 14.7. The van der Waals surface area contributed by atoms with E-state index in [1.54, 1.807) is 0 Å². The monoisotopic (exact) mass is 324 g/mol. The SMILES string of the molecule is CC/C=C1\Cn2c(cc3ccccc32)C(N)=C1C(=O)OC(C)(C)C. The quantitative estimate of drug-likeness (QED) is 0.849. The number of nitrogens with zero attached hydrogens (tertiary/aromatic N) is 1. The summed E-state index contributed by atoms with van der Waals surface area (Å²) in [7, 11) is 0. The van der Waals surface area contributed by atoms with Crippen LogP contribution in [0.2, 0.25) is 0 Å². The Labute approximate surface area is 142 Å². The Morgan fingerprint density at radius 3 is 2.71 bits per heavy atom. The molecule has 126 valence electrons. The van der Waals surface area contributed by atoms with E-state index in [0.29, 0.717) is 17.8 Å². The van der Waals surface area contributed by atoms with E-state index in [-0.39, 0.29) is 5.97 Å². The van der Waals surface area contributed by atoms with Crippen molar-refractivity contribution in [3.63, 3.8) is 0 Å². The normalized spacial score (nSPS) is 16.6. The second kappa shape index (κ2) is 5.86. The molecular weight excluding hydrogens is 300 g/mol. The average molecular weight is 324 g/mol. The van der Waals surface area contributed by atoms with Crippen molar-refractivity contribution in [1.82, 2.24) is 4.57 Å². The second-order valence-electron chi connectivity index (χ2n) is 7.10. The van der Waals surface area contributed by atoms with Gasteiger partial charge in [-0.05, 0) is 44.9 Å². The van der Waals surface area contributed by atoms with Crippen molar-refractivity contribution in [2.24, 2.45) is 5.73 Å². The molecule has 2 heterocycles. The van der Waals surface area contributed by atoms with E-state index < -0.39 is 5.60 Å². The van der Waals surface area contributed by atoms with Crippen LogP contribution in [0.15, 0.2) is 47.6 Å². The van der Waals surface area contributed by atoms with Crippen LogP contribution in [-0.4, -0.2) is 16.1 Å². The van der Waals surface area contributed by atoms with Gasteiger partial charge in [0, 0.05) is 17.4 Å². The zero-order chi connectivity index (χ0) is 17.5. The van der Waals surface area contributed by atoms with Gasteiger partial charge in [-0.1, -0.05) is 31.2 Å². The summed E-state index contributed by atoms with van der Waals surface area (Å²) in [6, 6.07) is 10.2. The van der Waals surface area contributed by atoms with Gasteiger partial charge in [0.2, 0.25) is 0 Å². The van der Waals surface area contributed by atoms with Crippen molar-refractivity contribution in [2.75, 3.05) is 0 Å². The highest BCUT2D eigenvalue weighted by Gasteiger charge is 2.30. The van der Waals surface area contributed by atoms with Gasteiger partial charge in [-0.3, -0.25) is 0 Å². The minimum atomic E-state index is -0.550. The third-order valence-corrected chi connectivity index (χ3v) is 4.06. The minimum Gasteiger partial charge on any atom is -0.456 e. The Balaban J connectivity index is 2.18. The average Bonchev–Trinajstić information content (AvgIpc) is 2.85. The fraction of sp³-hybridized carbons (Fsp3) is 0.350. The molecular formula is C20H24N2O2. The number of nitrogens with two attached hydrogens (primary N) is 1. The molecule has 0 amide bonds. The molecule has 2 N–H and O–H groups in total. The Morgan fingerprint density at radius 1 is 1.33 bits per heavy atom. The van der Waals surface area contributed by atoms with Gasteiger partial charge in [-0.25, -0.2) is 4.79 Å². The largest absolute Gasteiger partial charge is 0.456 e. The van der Waals surface area contributed by atoms with Crippen molar-refractivity contribution in [2.45, 2.75) is 46.3 Å². The predicted molar refractivity (Wildman–Crippen MR) is 97.3 cm³/mol. The van der Waals surface area contributed by atoms with E-state index >= 15 is 0 Å². The standard InChI is InChI=1S/C20H24N2O2/c1-5-8-14-12-22-15-10-7-6-9-13(15)11-16(22)18(21)17(14)19(23)24-20(2,3)4/h6-11H,5,12,21H2,1-4H3/b14-8+. The van der Waals surface area contributed by atoms with Crippen LogP contribution in [0.5, 0.6) is 0 Å². The number of esters is 1. The fourth-order valence-electron chi connectivity index (χ4n) is 3.14. The van der Waals surface area contributed by atoms with Crippen molar-refractivity contribution in [1.29, 1.82) is 0 Å². The van der Waals surface area contributed by atoms with Crippen molar-refractivity contribution < 1.29 is 9.53 Å². The van der Waals surface area contributed by atoms with E-state index in [9.17, 15) is 4.79 Å². The number of rotatable bonds is 2. The number of fused-ring (bicyclic) bond motifs is 3. The molecule has 0 saturated heterocycles. The first kappa shape index (κ1) is 16.4. The molecule has 0 atom stereocenters. The van der Waals surface area contributed by atoms with Crippen LogP contribution in [0, 0.1) is 0 Å². The van der Waals surface area contributed by atoms with E-state index in [0.717, 1.165) is 28.6 Å². The summed E-state index contributed by atoms with van der Waals surface area (Å²) in [5.74, 6) is -0.351. The summed E-state index contributed by atoms with van der Waals surface area (Å²) < 4.78 is 7.75. The molecule has 0 spiro atoms. The minimum absolute atomic E-state index is 0.351. The second-order valence-corrected chi connectivity index (χ2v) is 7.10. The molecule has 0 fully saturated rings. The summed E-state index contributed by atoms with van der Waals surface area (Å²) in [6.45, 7) is 8.28. The molecule has 0 unspecified atom stereocenters. The number of benzene rings is 1. The van der Waals surface area contributed by atoms with Gasteiger partial charge in [0.05, 0.1) is 17.0 Å². The van der Waals surface area contributed by atoms with Crippen LogP contribution in [0.25, 0.3) is 16.6 Å². The van der Waals surface area contributed by atoms with Crippen molar-refractivity contribution >= 4 is 22.6 Å². The summed E-state index contributed by atoms with van der Waals surface area (Å²) in [4.78, 5) is 12.7. The maximum absolute atomic E-state index is 12.7. The number of hydrogen-bond acceptors (Lipinski definition) is 3. The molecule has 1 aromatic carbocycles. The molecule has 0 radical (unpaired) electrons. The van der Waals surface area contributed by atoms with E-state index in [2.05, 4.69) is 29.7 Å². The van der Waals surface area contributed by atoms with Gasteiger partial charge >= 0.3 is 5.97 Å². The number of allylic oxidation sites excluding steroid dienone is 1. The van der Waals surface area contributed by atoms with Gasteiger partial charge in [-0.2, -0.15) is 0 Å². The molecule has 1 aliphatic heterocycles. The highest BCUT2D eigenvalue weighted by Crippen LogP contribution is 2.34. The smallest absolute Gasteiger partial charge is 0.341 e. The van der Waals surface area contributed by atoms with Gasteiger partial charge in [-0.15, -0.1) is 0 Å². The lowest BCUT2D eigenvalue weighted by molar-refractivity contribution is -0.149. The Bertz CT molecular complexity index is 863. The summed E-state index contributed by atoms with van der Waals surface area (Å²) in [5, 5.41) is 1.12. The van der Waals surface area contributed by atoms with Crippen molar-refractivity contribution in [3.05, 3.63) is 53.2 Å². The van der Waals surface area contributed by atoms with Crippen LogP contribution < -0.4 is 5.73 Å². The molecule has 2 aromatic rings. The number of carbonyl (C=O) groups excluding carboxylic acids is 1. The summed E-state index contributed by atoms with van der Waals surface area (Å²) in [5.41, 5.74) is 9.79. The van der Waals surface area contributed by atoms with Crippen LogP contribution in [0.4, 0.5) is 0 Å². The Hall–Kier alpha value is -2.49. The zero-order valence-electron chi connectivity index (χ0n) is 14.7. The number of carbonyl (C=O) groups is 1. The van der Waals surface area contributed by atoms with E-state index in [1.807, 2.05) is 39.0 Å². The summed E-state index contributed by atoms with van der Waals surface area (Å²) >= 11 is 0. The molecule has 0 aliphatic carbocycles. The third-order valence-electron chi connectivity index (χ3n) is 4.06. The Kier molecular flexibility index (Phi) is 3.99. The lowest BCUT2D eigenvalue weighted by Gasteiger charge is -2.26. The van der Waals surface area contributed by atoms with Crippen LogP contribution in [0.1, 0.15) is 39.8 Å². The first-order valence-corrected chi connectivity index (χ1v) is 8.33. The summed E-state index contributed by atoms with van der Waals surface area (Å²) in [6.07, 6.45) is 2.90. The molecule has 24 heavy (non-hydrogen) atoms. The number of hydrogen-bond donors (Lipinski definition) is 1. The number of ether oxygens (including phenoxy) is 1. The molecule has 1 aliphatic rings. The van der Waals surface area contributed by atoms with Gasteiger partial charge in [0.15, 0.2) is 0 Å². The molecule has 4 nitrogen and oxygen atoms in total. The molecule has 0 bridgehead atoms. The van der Waals surface area contributed by atoms with Gasteiger partial charge in [0.25, 0.3) is 0 Å². The maximum Gasteiger partial charge on any atom is 0.341 e. The third kappa shape index (κ3) is 2.84. The molecule has 4 heteroatoms. The predicted octanol–water partition coefficient (Wildman–Crippen LogP) is 4.00. The van der Waals surface area contributed by atoms with Gasteiger partial charge in [0.1, 0.15) is 5.60 Å². The van der Waals surface area contributed by atoms with Crippen molar-refractivity contribution in [3.8, 4) is 0 Å². The first-order chi connectivity index (χ1) is 11.3. The topological polar surface area (TPSA) is 57.2 Å². The molecule has 0 saturated carbocycles. The molecule has 1 aromatic heterocycles.